The van der Waals surface area contributed by atoms with Crippen LogP contribution in [0.1, 0.15) is 19.4 Å². The number of hydrogen-bond donors (Lipinski definition) is 1. The number of hydrogen-bond acceptors (Lipinski definition) is 3. The van der Waals surface area contributed by atoms with E-state index in [0.717, 1.165) is 32.8 Å². The summed E-state index contributed by atoms with van der Waals surface area (Å²) < 4.78 is 16.8. The Morgan fingerprint density at radius 3 is 2.61 bits per heavy atom. The van der Waals surface area contributed by atoms with Gasteiger partial charge in [-0.25, -0.2) is 0 Å². The molecule has 1 N–H and O–H groups in total. The van der Waals surface area contributed by atoms with Gasteiger partial charge in [0.1, 0.15) is 25.2 Å². The van der Waals surface area contributed by atoms with Crippen LogP contribution in [0.4, 0.5) is 0 Å². The molecular weight excluding hydrogens is 290 g/mol. The number of ether oxygens (including phenoxy) is 3. The summed E-state index contributed by atoms with van der Waals surface area (Å²) in [6.07, 6.45) is 0. The van der Waals surface area contributed by atoms with Crippen molar-refractivity contribution >= 4 is 0 Å². The Hall–Kier alpha value is -1.38. The lowest BCUT2D eigenvalue weighted by Crippen LogP contribution is -3.14. The van der Waals surface area contributed by atoms with Crippen LogP contribution in [0, 0.1) is 11.8 Å². The zero-order valence-corrected chi connectivity index (χ0v) is 14.3. The highest BCUT2D eigenvalue weighted by molar-refractivity contribution is 5.13. The van der Waals surface area contributed by atoms with E-state index < -0.39 is 5.60 Å². The van der Waals surface area contributed by atoms with Crippen LogP contribution in [0.15, 0.2) is 30.3 Å². The maximum Gasteiger partial charge on any atom is 0.139 e. The SMILES string of the molecule is CC(C)(C#CC[NH+]1CCOCC1)OCCOCc1ccccc1. The number of rotatable bonds is 7. The summed E-state index contributed by atoms with van der Waals surface area (Å²) in [5, 5.41) is 0. The molecule has 1 aromatic rings. The molecule has 0 amide bonds. The van der Waals surface area contributed by atoms with Crippen LogP contribution < -0.4 is 4.90 Å². The monoisotopic (exact) mass is 318 g/mol. The van der Waals surface area contributed by atoms with Crippen LogP contribution in [0.2, 0.25) is 0 Å². The van der Waals surface area contributed by atoms with Gasteiger partial charge in [-0.05, 0) is 25.3 Å². The summed E-state index contributed by atoms with van der Waals surface area (Å²) in [7, 11) is 0. The van der Waals surface area contributed by atoms with Gasteiger partial charge < -0.3 is 19.1 Å². The second kappa shape index (κ2) is 9.69. The molecule has 1 saturated heterocycles. The van der Waals surface area contributed by atoms with Crippen molar-refractivity contribution in [2.24, 2.45) is 0 Å². The molecule has 0 unspecified atom stereocenters. The first kappa shape index (κ1) is 18.0. The fraction of sp³-hybridized carbons (Fsp3) is 0.579. The lowest BCUT2D eigenvalue weighted by Gasteiger charge is -2.22. The maximum atomic E-state index is 5.82. The van der Waals surface area contributed by atoms with Gasteiger partial charge in [0.15, 0.2) is 0 Å². The molecule has 1 aliphatic rings. The van der Waals surface area contributed by atoms with Crippen molar-refractivity contribution in [2.45, 2.75) is 26.1 Å². The molecule has 0 saturated carbocycles. The Morgan fingerprint density at radius 2 is 1.87 bits per heavy atom. The zero-order chi connectivity index (χ0) is 16.4. The van der Waals surface area contributed by atoms with Gasteiger partial charge in [0.2, 0.25) is 0 Å². The van der Waals surface area contributed by atoms with Crippen molar-refractivity contribution in [1.82, 2.24) is 0 Å². The van der Waals surface area contributed by atoms with E-state index in [1.54, 1.807) is 0 Å². The molecule has 126 valence electrons. The summed E-state index contributed by atoms with van der Waals surface area (Å²) in [6, 6.07) is 10.2. The Bertz CT molecular complexity index is 498. The van der Waals surface area contributed by atoms with E-state index >= 15 is 0 Å². The van der Waals surface area contributed by atoms with E-state index in [2.05, 4.69) is 24.0 Å². The lowest BCUT2D eigenvalue weighted by molar-refractivity contribution is -0.900. The highest BCUT2D eigenvalue weighted by Crippen LogP contribution is 2.07. The molecule has 1 aliphatic heterocycles. The third kappa shape index (κ3) is 7.62. The number of nitrogens with one attached hydrogen (secondary N) is 1. The largest absolute Gasteiger partial charge is 0.374 e. The third-order valence-corrected chi connectivity index (χ3v) is 3.73. The Balaban J connectivity index is 1.59. The molecule has 0 radical (unpaired) electrons. The van der Waals surface area contributed by atoms with Gasteiger partial charge in [-0.3, -0.25) is 0 Å². The molecule has 4 heteroatoms. The Morgan fingerprint density at radius 1 is 1.13 bits per heavy atom. The van der Waals surface area contributed by atoms with Crippen LogP contribution in [-0.2, 0) is 20.8 Å². The zero-order valence-electron chi connectivity index (χ0n) is 14.3. The lowest BCUT2D eigenvalue weighted by atomic mass is 10.1. The molecule has 4 nitrogen and oxygen atoms in total. The van der Waals surface area contributed by atoms with Gasteiger partial charge in [0.05, 0.1) is 33.0 Å². The minimum absolute atomic E-state index is 0.429. The second-order valence-electron chi connectivity index (χ2n) is 6.24. The van der Waals surface area contributed by atoms with Gasteiger partial charge in [-0.15, -0.1) is 0 Å². The van der Waals surface area contributed by atoms with Crippen molar-refractivity contribution in [3.8, 4) is 11.8 Å². The first-order valence-electron chi connectivity index (χ1n) is 8.33. The summed E-state index contributed by atoms with van der Waals surface area (Å²) in [6.45, 7) is 10.4. The van der Waals surface area contributed by atoms with E-state index in [1.165, 1.54) is 10.5 Å². The molecule has 0 aliphatic carbocycles. The number of benzene rings is 1. The predicted molar refractivity (Wildman–Crippen MR) is 90.3 cm³/mol. The summed E-state index contributed by atoms with van der Waals surface area (Å²) in [5.41, 5.74) is 0.752. The molecular formula is C19H28NO3+. The Labute approximate surface area is 139 Å². The van der Waals surface area contributed by atoms with Crippen LogP contribution in [-0.4, -0.2) is 51.7 Å². The van der Waals surface area contributed by atoms with E-state index in [1.807, 2.05) is 32.0 Å². The molecule has 1 heterocycles. The van der Waals surface area contributed by atoms with Crippen LogP contribution in [0.5, 0.6) is 0 Å². The van der Waals surface area contributed by atoms with Crippen LogP contribution in [0.3, 0.4) is 0 Å². The highest BCUT2D eigenvalue weighted by atomic mass is 16.5. The van der Waals surface area contributed by atoms with Crippen molar-refractivity contribution in [1.29, 1.82) is 0 Å². The van der Waals surface area contributed by atoms with Gasteiger partial charge >= 0.3 is 0 Å². The molecule has 1 fully saturated rings. The maximum absolute atomic E-state index is 5.82. The topological polar surface area (TPSA) is 32.1 Å². The van der Waals surface area contributed by atoms with Gasteiger partial charge in [0, 0.05) is 0 Å². The standard InChI is InChI=1S/C19H27NO3/c1-19(2,9-6-10-20-11-13-21-14-12-20)23-16-15-22-17-18-7-4-3-5-8-18/h3-5,7-8H,10-17H2,1-2H3/p+1. The van der Waals surface area contributed by atoms with Crippen molar-refractivity contribution in [3.05, 3.63) is 35.9 Å². The number of quaternary nitrogens is 1. The van der Waals surface area contributed by atoms with Gasteiger partial charge in [-0.1, -0.05) is 36.3 Å². The first-order valence-corrected chi connectivity index (χ1v) is 8.33. The molecule has 0 aromatic heterocycles. The normalized spacial score (nSPS) is 15.9. The quantitative estimate of drug-likeness (QED) is 0.599. The van der Waals surface area contributed by atoms with E-state index in [-0.39, 0.29) is 0 Å². The summed E-state index contributed by atoms with van der Waals surface area (Å²) in [4.78, 5) is 1.49. The average molecular weight is 318 g/mol. The Kier molecular flexibility index (Phi) is 7.57. The predicted octanol–water partition coefficient (Wildman–Crippen LogP) is 0.917. The fourth-order valence-electron chi connectivity index (χ4n) is 2.37. The first-order chi connectivity index (χ1) is 11.2. The number of morpholine rings is 1. The van der Waals surface area contributed by atoms with E-state index in [9.17, 15) is 0 Å². The van der Waals surface area contributed by atoms with Gasteiger partial charge in [0.25, 0.3) is 0 Å². The summed E-state index contributed by atoms with van der Waals surface area (Å²) >= 11 is 0. The van der Waals surface area contributed by atoms with Crippen molar-refractivity contribution in [3.63, 3.8) is 0 Å². The van der Waals surface area contributed by atoms with Gasteiger partial charge in [-0.2, -0.15) is 0 Å². The molecule has 0 atom stereocenters. The van der Waals surface area contributed by atoms with Crippen LogP contribution in [0.25, 0.3) is 0 Å². The smallest absolute Gasteiger partial charge is 0.139 e. The highest BCUT2D eigenvalue weighted by Gasteiger charge is 2.15. The summed E-state index contributed by atoms with van der Waals surface area (Å²) in [5.74, 6) is 6.48. The van der Waals surface area contributed by atoms with Crippen molar-refractivity contribution in [2.75, 3.05) is 46.1 Å². The third-order valence-electron chi connectivity index (χ3n) is 3.73. The van der Waals surface area contributed by atoms with E-state index in [0.29, 0.717) is 19.8 Å². The average Bonchev–Trinajstić information content (AvgIpc) is 2.56. The molecule has 1 aromatic carbocycles. The van der Waals surface area contributed by atoms with E-state index in [4.69, 9.17) is 14.2 Å². The minimum atomic E-state index is -0.429. The minimum Gasteiger partial charge on any atom is -0.374 e. The van der Waals surface area contributed by atoms with Crippen LogP contribution >= 0.6 is 0 Å². The second-order valence-corrected chi connectivity index (χ2v) is 6.24. The molecule has 0 bridgehead atoms. The molecule has 0 spiro atoms. The molecule has 23 heavy (non-hydrogen) atoms. The van der Waals surface area contributed by atoms with Crippen molar-refractivity contribution < 1.29 is 19.1 Å². The fourth-order valence-corrected chi connectivity index (χ4v) is 2.37. The molecule has 2 rings (SSSR count).